The predicted octanol–water partition coefficient (Wildman–Crippen LogP) is -9.22. The van der Waals surface area contributed by atoms with Crippen LogP contribution in [0.15, 0.2) is 0 Å². The molecule has 2 N–H and O–H groups in total. The molecule has 2 unspecified atom stereocenters. The number of rotatable bonds is 8. The van der Waals surface area contributed by atoms with Crippen LogP contribution in [0.5, 0.6) is 0 Å². The molecule has 0 saturated heterocycles. The van der Waals surface area contributed by atoms with Crippen molar-refractivity contribution >= 4 is 29.5 Å². The quantitative estimate of drug-likeness (QED) is 0.250. The monoisotopic (exact) mass is 344 g/mol. The summed E-state index contributed by atoms with van der Waals surface area (Å²) in [5, 5.41) is 39.1. The van der Waals surface area contributed by atoms with Gasteiger partial charge in [0.15, 0.2) is 0 Å². The molecular weight excluding hydrogens is 330 g/mol. The zero-order valence-corrected chi connectivity index (χ0v) is 15.9. The van der Waals surface area contributed by atoms with E-state index < -0.39 is 49.1 Å². The van der Waals surface area contributed by atoms with Crippen LogP contribution < -0.4 is 69.3 Å². The molecular formula is C10H15ClNa2O8. The molecule has 0 heterocycles. The van der Waals surface area contributed by atoms with E-state index in [-0.39, 0.29) is 72.4 Å². The molecule has 11 heteroatoms. The minimum Gasteiger partial charge on any atom is -0.550 e. The summed E-state index contributed by atoms with van der Waals surface area (Å²) in [6, 6.07) is 0. The van der Waals surface area contributed by atoms with Crippen LogP contribution in [0.25, 0.3) is 0 Å². The van der Waals surface area contributed by atoms with Crippen LogP contribution in [0.2, 0.25) is 0 Å². The van der Waals surface area contributed by atoms with E-state index in [1.165, 1.54) is 0 Å². The van der Waals surface area contributed by atoms with E-state index in [0.29, 0.717) is 0 Å². The van der Waals surface area contributed by atoms with Crippen molar-refractivity contribution in [1.82, 2.24) is 0 Å². The van der Waals surface area contributed by atoms with Crippen LogP contribution >= 0.6 is 11.6 Å². The molecule has 0 aliphatic heterocycles. The van der Waals surface area contributed by atoms with E-state index in [0.717, 1.165) is 0 Å². The molecule has 0 aliphatic rings. The van der Waals surface area contributed by atoms with Gasteiger partial charge in [-0.05, 0) is 0 Å². The first-order valence-corrected chi connectivity index (χ1v) is 5.28. The normalized spacial score (nSPS) is 13.3. The fourth-order valence-corrected chi connectivity index (χ4v) is 1.06. The molecule has 0 rings (SSSR count). The Morgan fingerprint density at radius 1 is 1.19 bits per heavy atom. The van der Waals surface area contributed by atoms with Crippen molar-refractivity contribution in [2.45, 2.75) is 32.0 Å². The summed E-state index contributed by atoms with van der Waals surface area (Å²) in [4.78, 5) is 31.9. The van der Waals surface area contributed by atoms with Crippen LogP contribution in [0, 0.1) is 0 Å². The molecule has 0 aromatic heterocycles. The molecule has 112 valence electrons. The fourth-order valence-electron chi connectivity index (χ4n) is 0.969. The molecule has 0 aliphatic carbocycles. The molecule has 0 aromatic carbocycles. The summed E-state index contributed by atoms with van der Waals surface area (Å²) in [7, 11) is 0. The van der Waals surface area contributed by atoms with Crippen LogP contribution in [-0.4, -0.2) is 52.3 Å². The van der Waals surface area contributed by atoms with Crippen molar-refractivity contribution in [2.75, 3.05) is 12.5 Å². The third-order valence-electron chi connectivity index (χ3n) is 1.87. The molecule has 21 heavy (non-hydrogen) atoms. The second kappa shape index (κ2) is 14.2. The van der Waals surface area contributed by atoms with Gasteiger partial charge < -0.3 is 34.8 Å². The van der Waals surface area contributed by atoms with E-state index in [1.807, 2.05) is 0 Å². The minimum absolute atomic E-state index is 0. The molecule has 0 radical (unpaired) electrons. The smallest absolute Gasteiger partial charge is 0.550 e. The van der Waals surface area contributed by atoms with E-state index in [2.05, 4.69) is 4.74 Å². The van der Waals surface area contributed by atoms with Crippen molar-refractivity contribution in [3.63, 3.8) is 0 Å². The first-order valence-electron chi connectivity index (χ1n) is 4.74. The number of alkyl halides is 1. The van der Waals surface area contributed by atoms with Gasteiger partial charge in [0.2, 0.25) is 0 Å². The van der Waals surface area contributed by atoms with Gasteiger partial charge in [-0.1, -0.05) is 7.43 Å². The topological polar surface area (TPSA) is 147 Å². The standard InChI is InChI=1S/C9H13ClO8.CH4.2Na/c10-3-5(11)4-18-7(14)2-9(17,8(15)16)1-6(12)13;;;/h5,11,17H,1-4H2,(H,12,13)(H,15,16);1H4;;/q;;2*+1/p-2. The number of ether oxygens (including phenoxy) is 1. The molecule has 0 spiro atoms. The Bertz CT molecular complexity index is 341. The summed E-state index contributed by atoms with van der Waals surface area (Å²) < 4.78 is 4.38. The minimum atomic E-state index is -2.91. The van der Waals surface area contributed by atoms with Gasteiger partial charge in [-0.15, -0.1) is 11.6 Å². The van der Waals surface area contributed by atoms with Crippen molar-refractivity contribution < 1.29 is 98.7 Å². The third kappa shape index (κ3) is 12.8. The van der Waals surface area contributed by atoms with Crippen LogP contribution in [-0.2, 0) is 19.1 Å². The van der Waals surface area contributed by atoms with Crippen molar-refractivity contribution in [3.8, 4) is 0 Å². The number of esters is 1. The maximum absolute atomic E-state index is 11.1. The number of carboxylic acids is 2. The summed E-state index contributed by atoms with van der Waals surface area (Å²) in [5.41, 5.74) is -2.91. The van der Waals surface area contributed by atoms with Gasteiger partial charge in [-0.25, -0.2) is 0 Å². The first kappa shape index (κ1) is 29.6. The van der Waals surface area contributed by atoms with Gasteiger partial charge in [0, 0.05) is 12.4 Å². The molecule has 0 saturated carbocycles. The Kier molecular flexibility index (Phi) is 20.1. The van der Waals surface area contributed by atoms with Gasteiger partial charge in [0.05, 0.1) is 18.3 Å². The van der Waals surface area contributed by atoms with E-state index in [9.17, 15) is 29.7 Å². The second-order valence-electron chi connectivity index (χ2n) is 3.54. The largest absolute Gasteiger partial charge is 1.00 e. The summed E-state index contributed by atoms with van der Waals surface area (Å²) in [6.45, 7) is -0.503. The van der Waals surface area contributed by atoms with Crippen LogP contribution in [0.3, 0.4) is 0 Å². The Morgan fingerprint density at radius 3 is 2.00 bits per heavy atom. The number of aliphatic carboxylic acids is 2. The Hall–Kier alpha value is 0.620. The molecule has 8 nitrogen and oxygen atoms in total. The second-order valence-corrected chi connectivity index (χ2v) is 3.84. The Morgan fingerprint density at radius 2 is 1.67 bits per heavy atom. The van der Waals surface area contributed by atoms with Gasteiger partial charge in [-0.3, -0.25) is 4.79 Å². The number of hydrogen-bond donors (Lipinski definition) is 2. The summed E-state index contributed by atoms with van der Waals surface area (Å²) >= 11 is 5.21. The Balaban J connectivity index is -0.000000482. The molecule has 0 amide bonds. The number of halogens is 1. The van der Waals surface area contributed by atoms with Gasteiger partial charge in [0.1, 0.15) is 18.3 Å². The third-order valence-corrected chi connectivity index (χ3v) is 2.22. The zero-order chi connectivity index (χ0) is 14.3. The first-order chi connectivity index (χ1) is 8.21. The maximum Gasteiger partial charge on any atom is 1.00 e. The predicted molar refractivity (Wildman–Crippen MR) is 58.6 cm³/mol. The number of hydrogen-bond acceptors (Lipinski definition) is 8. The van der Waals surface area contributed by atoms with Crippen LogP contribution in [0.1, 0.15) is 20.3 Å². The molecule has 0 bridgehead atoms. The average Bonchev–Trinajstić information content (AvgIpc) is 2.24. The van der Waals surface area contributed by atoms with Crippen molar-refractivity contribution in [3.05, 3.63) is 0 Å². The number of aliphatic hydroxyl groups excluding tert-OH is 1. The van der Waals surface area contributed by atoms with E-state index >= 15 is 0 Å². The average molecular weight is 345 g/mol. The summed E-state index contributed by atoms with van der Waals surface area (Å²) in [6.07, 6.45) is -3.60. The van der Waals surface area contributed by atoms with Gasteiger partial charge in [0.25, 0.3) is 0 Å². The Labute approximate surface area is 171 Å². The fraction of sp³-hybridized carbons (Fsp3) is 0.700. The molecule has 2 atom stereocenters. The van der Waals surface area contributed by atoms with Gasteiger partial charge in [-0.2, -0.15) is 0 Å². The maximum atomic E-state index is 11.1. The van der Waals surface area contributed by atoms with E-state index in [4.69, 9.17) is 16.7 Å². The number of aliphatic hydroxyl groups is 2. The summed E-state index contributed by atoms with van der Waals surface area (Å²) in [5.74, 6) is -5.43. The molecule has 0 aromatic rings. The van der Waals surface area contributed by atoms with Crippen molar-refractivity contribution in [2.24, 2.45) is 0 Å². The van der Waals surface area contributed by atoms with Gasteiger partial charge >= 0.3 is 65.1 Å². The van der Waals surface area contributed by atoms with Crippen LogP contribution in [0.4, 0.5) is 0 Å². The number of carbonyl (C=O) groups excluding carboxylic acids is 3. The molecule has 0 fully saturated rings. The van der Waals surface area contributed by atoms with Crippen molar-refractivity contribution in [1.29, 1.82) is 0 Å². The zero-order valence-electron chi connectivity index (χ0n) is 11.1. The number of carboxylic acid groups (broad SMARTS) is 2. The number of carbonyl (C=O) groups is 3. The van der Waals surface area contributed by atoms with E-state index in [1.54, 1.807) is 0 Å². The SMILES string of the molecule is C.O=C([O-])CC(O)(CC(=O)OCC(O)CCl)C(=O)[O-].[Na+].[Na+].